The van der Waals surface area contributed by atoms with Gasteiger partial charge in [-0.05, 0) is 18.8 Å². The maximum Gasteiger partial charge on any atom is 0.211 e. The van der Waals surface area contributed by atoms with E-state index in [2.05, 4.69) is 4.72 Å². The standard InChI is InChI=1S/C8H18ClNO3S/c1-8(3-5-11)7-10-14(12,13)6-2-4-9/h8,10-11H,2-7H2,1H3. The molecule has 0 radical (unpaired) electrons. The molecule has 0 rings (SSSR count). The highest BCUT2D eigenvalue weighted by Gasteiger charge is 2.10. The molecule has 0 saturated heterocycles. The zero-order valence-corrected chi connectivity index (χ0v) is 9.94. The maximum atomic E-state index is 11.3. The van der Waals surface area contributed by atoms with Crippen LogP contribution in [0.25, 0.3) is 0 Å². The second-order valence-corrected chi connectivity index (χ2v) is 5.63. The molecule has 0 saturated carbocycles. The van der Waals surface area contributed by atoms with Gasteiger partial charge in [-0.2, -0.15) is 0 Å². The van der Waals surface area contributed by atoms with Crippen LogP contribution in [0.5, 0.6) is 0 Å². The Kier molecular flexibility index (Phi) is 7.54. The smallest absolute Gasteiger partial charge is 0.211 e. The number of nitrogens with one attached hydrogen (secondary N) is 1. The minimum Gasteiger partial charge on any atom is -0.396 e. The molecule has 0 aliphatic carbocycles. The van der Waals surface area contributed by atoms with E-state index in [0.717, 1.165) is 0 Å². The van der Waals surface area contributed by atoms with E-state index in [0.29, 0.717) is 25.3 Å². The summed E-state index contributed by atoms with van der Waals surface area (Å²) in [6.45, 7) is 2.36. The Morgan fingerprint density at radius 1 is 1.50 bits per heavy atom. The van der Waals surface area contributed by atoms with Gasteiger partial charge in [-0.15, -0.1) is 11.6 Å². The van der Waals surface area contributed by atoms with Gasteiger partial charge in [0.25, 0.3) is 0 Å². The number of hydrogen-bond acceptors (Lipinski definition) is 3. The van der Waals surface area contributed by atoms with Gasteiger partial charge in [0, 0.05) is 19.0 Å². The fourth-order valence-corrected chi connectivity index (χ4v) is 2.41. The fourth-order valence-electron chi connectivity index (χ4n) is 0.908. The molecule has 14 heavy (non-hydrogen) atoms. The predicted octanol–water partition coefficient (Wildman–Crippen LogP) is 0.553. The molecule has 0 heterocycles. The Labute approximate surface area is 90.7 Å². The van der Waals surface area contributed by atoms with Gasteiger partial charge in [-0.25, -0.2) is 13.1 Å². The molecule has 0 aliphatic rings. The first-order valence-corrected chi connectivity index (χ1v) is 6.84. The van der Waals surface area contributed by atoms with Gasteiger partial charge in [0.05, 0.1) is 5.75 Å². The molecule has 0 amide bonds. The Morgan fingerprint density at radius 2 is 2.14 bits per heavy atom. The molecule has 4 nitrogen and oxygen atoms in total. The van der Waals surface area contributed by atoms with Gasteiger partial charge < -0.3 is 5.11 Å². The molecule has 0 aromatic rings. The molecule has 86 valence electrons. The van der Waals surface area contributed by atoms with Crippen LogP contribution in [0.15, 0.2) is 0 Å². The third-order valence-corrected chi connectivity index (χ3v) is 3.52. The van der Waals surface area contributed by atoms with Gasteiger partial charge in [-0.3, -0.25) is 0 Å². The first-order valence-electron chi connectivity index (χ1n) is 4.66. The lowest BCUT2D eigenvalue weighted by atomic mass is 10.1. The Morgan fingerprint density at radius 3 is 2.64 bits per heavy atom. The van der Waals surface area contributed by atoms with Crippen LogP contribution >= 0.6 is 11.6 Å². The Bertz CT molecular complexity index is 231. The van der Waals surface area contributed by atoms with Crippen molar-refractivity contribution in [2.24, 2.45) is 5.92 Å². The topological polar surface area (TPSA) is 66.4 Å². The molecule has 0 spiro atoms. The van der Waals surface area contributed by atoms with Crippen molar-refractivity contribution in [3.63, 3.8) is 0 Å². The maximum absolute atomic E-state index is 11.3. The van der Waals surface area contributed by atoms with E-state index in [-0.39, 0.29) is 18.3 Å². The first-order chi connectivity index (χ1) is 6.52. The third kappa shape index (κ3) is 7.55. The Hall–Kier alpha value is 0.160. The average molecular weight is 244 g/mol. The number of hydrogen-bond donors (Lipinski definition) is 2. The van der Waals surface area contributed by atoms with Gasteiger partial charge in [0.1, 0.15) is 0 Å². The van der Waals surface area contributed by atoms with Crippen LogP contribution in [0, 0.1) is 5.92 Å². The quantitative estimate of drug-likeness (QED) is 0.612. The highest BCUT2D eigenvalue weighted by molar-refractivity contribution is 7.89. The molecule has 0 aromatic heterocycles. The lowest BCUT2D eigenvalue weighted by Crippen LogP contribution is -2.30. The van der Waals surface area contributed by atoms with Gasteiger partial charge in [0.15, 0.2) is 0 Å². The van der Waals surface area contributed by atoms with E-state index in [1.807, 2.05) is 6.92 Å². The highest BCUT2D eigenvalue weighted by Crippen LogP contribution is 2.00. The van der Waals surface area contributed by atoms with Crippen LogP contribution in [0.4, 0.5) is 0 Å². The predicted molar refractivity (Wildman–Crippen MR) is 58.0 cm³/mol. The van der Waals surface area contributed by atoms with Crippen molar-refractivity contribution >= 4 is 21.6 Å². The summed E-state index contributed by atoms with van der Waals surface area (Å²) < 4.78 is 25.0. The highest BCUT2D eigenvalue weighted by atomic mass is 35.5. The van der Waals surface area contributed by atoms with E-state index in [1.165, 1.54) is 0 Å². The molecule has 0 fully saturated rings. The van der Waals surface area contributed by atoms with Crippen LogP contribution in [0.3, 0.4) is 0 Å². The van der Waals surface area contributed by atoms with E-state index < -0.39 is 10.0 Å². The van der Waals surface area contributed by atoms with E-state index in [9.17, 15) is 8.42 Å². The fraction of sp³-hybridized carbons (Fsp3) is 1.00. The molecular formula is C8H18ClNO3S. The molecule has 0 bridgehead atoms. The lowest BCUT2D eigenvalue weighted by molar-refractivity contribution is 0.263. The Balaban J connectivity index is 3.75. The van der Waals surface area contributed by atoms with Crippen molar-refractivity contribution in [2.45, 2.75) is 19.8 Å². The van der Waals surface area contributed by atoms with E-state index in [1.54, 1.807) is 0 Å². The summed E-state index contributed by atoms with van der Waals surface area (Å²) in [5.74, 6) is 0.584. The summed E-state index contributed by atoms with van der Waals surface area (Å²) in [7, 11) is -3.17. The molecule has 0 aromatic carbocycles. The van der Waals surface area contributed by atoms with Crippen LogP contribution in [-0.2, 0) is 10.0 Å². The van der Waals surface area contributed by atoms with Crippen LogP contribution < -0.4 is 4.72 Å². The van der Waals surface area contributed by atoms with Crippen molar-refractivity contribution in [1.82, 2.24) is 4.72 Å². The number of sulfonamides is 1. The number of halogens is 1. The van der Waals surface area contributed by atoms with Crippen molar-refractivity contribution in [1.29, 1.82) is 0 Å². The summed E-state index contributed by atoms with van der Waals surface area (Å²) in [5, 5.41) is 8.61. The van der Waals surface area contributed by atoms with Crippen LogP contribution in [0.2, 0.25) is 0 Å². The molecule has 1 unspecified atom stereocenters. The van der Waals surface area contributed by atoms with Gasteiger partial charge >= 0.3 is 0 Å². The van der Waals surface area contributed by atoms with Crippen molar-refractivity contribution in [3.8, 4) is 0 Å². The lowest BCUT2D eigenvalue weighted by Gasteiger charge is -2.11. The van der Waals surface area contributed by atoms with E-state index >= 15 is 0 Å². The normalized spacial score (nSPS) is 14.2. The molecule has 1 atom stereocenters. The summed E-state index contributed by atoms with van der Waals surface area (Å²) in [6, 6.07) is 0. The summed E-state index contributed by atoms with van der Waals surface area (Å²) in [6.07, 6.45) is 1.07. The van der Waals surface area contributed by atoms with Crippen molar-refractivity contribution in [3.05, 3.63) is 0 Å². The number of alkyl halides is 1. The number of aliphatic hydroxyl groups excluding tert-OH is 1. The van der Waals surface area contributed by atoms with Crippen molar-refractivity contribution < 1.29 is 13.5 Å². The number of aliphatic hydroxyl groups is 1. The molecular weight excluding hydrogens is 226 g/mol. The van der Waals surface area contributed by atoms with Crippen LogP contribution in [0.1, 0.15) is 19.8 Å². The number of rotatable bonds is 8. The van der Waals surface area contributed by atoms with Gasteiger partial charge in [0.2, 0.25) is 10.0 Å². The monoisotopic (exact) mass is 243 g/mol. The SMILES string of the molecule is CC(CCO)CNS(=O)(=O)CCCCl. The van der Waals surface area contributed by atoms with Crippen LogP contribution in [-0.4, -0.2) is 38.3 Å². The van der Waals surface area contributed by atoms with Crippen molar-refractivity contribution in [2.75, 3.05) is 24.8 Å². The summed E-state index contributed by atoms with van der Waals surface area (Å²) in [4.78, 5) is 0. The van der Waals surface area contributed by atoms with Gasteiger partial charge in [-0.1, -0.05) is 6.92 Å². The molecule has 2 N–H and O–H groups in total. The molecule has 0 aliphatic heterocycles. The third-order valence-electron chi connectivity index (χ3n) is 1.82. The molecule has 6 heteroatoms. The average Bonchev–Trinajstić information content (AvgIpc) is 2.13. The minimum absolute atomic E-state index is 0.0718. The summed E-state index contributed by atoms with van der Waals surface area (Å²) in [5.41, 5.74) is 0. The second-order valence-electron chi connectivity index (χ2n) is 3.33. The summed E-state index contributed by atoms with van der Waals surface area (Å²) >= 11 is 5.39. The largest absolute Gasteiger partial charge is 0.396 e. The zero-order chi connectivity index (χ0) is 11.0. The first kappa shape index (κ1) is 14.2. The second kappa shape index (κ2) is 7.45. The van der Waals surface area contributed by atoms with E-state index in [4.69, 9.17) is 16.7 Å². The minimum atomic E-state index is -3.17. The zero-order valence-electron chi connectivity index (χ0n) is 8.37.